The van der Waals surface area contributed by atoms with E-state index in [4.69, 9.17) is 16.3 Å². The second-order valence-corrected chi connectivity index (χ2v) is 11.8. The highest BCUT2D eigenvalue weighted by molar-refractivity contribution is 6.76. The van der Waals surface area contributed by atoms with E-state index < -0.39 is 8.07 Å². The molecule has 2 heterocycles. The predicted molar refractivity (Wildman–Crippen MR) is 78.8 cm³/mol. The van der Waals surface area contributed by atoms with Gasteiger partial charge in [0.25, 0.3) is 0 Å². The Morgan fingerprint density at radius 2 is 2.16 bits per heavy atom. The van der Waals surface area contributed by atoms with Crippen LogP contribution in [0.2, 0.25) is 30.8 Å². The maximum Gasteiger partial charge on any atom is 0.153 e. The van der Waals surface area contributed by atoms with Gasteiger partial charge in [-0.3, -0.25) is 0 Å². The third-order valence-corrected chi connectivity index (χ3v) is 4.91. The van der Waals surface area contributed by atoms with E-state index in [1.807, 2.05) is 0 Å². The van der Waals surface area contributed by atoms with Crippen molar-refractivity contribution < 1.29 is 9.13 Å². The van der Waals surface area contributed by atoms with E-state index in [1.54, 1.807) is 16.8 Å². The monoisotopic (exact) mass is 300 g/mol. The molecule has 0 radical (unpaired) electrons. The SMILES string of the molecule is C[Si](C)(C)CCOCn1ccc2c(F)cnc(Cl)c21. The molecule has 0 saturated heterocycles. The van der Waals surface area contributed by atoms with Gasteiger partial charge in [0.1, 0.15) is 6.73 Å². The van der Waals surface area contributed by atoms with Crippen LogP contribution >= 0.6 is 11.6 Å². The number of ether oxygens (including phenoxy) is 1. The average Bonchev–Trinajstić information content (AvgIpc) is 2.73. The quantitative estimate of drug-likeness (QED) is 0.471. The van der Waals surface area contributed by atoms with E-state index in [9.17, 15) is 4.39 Å². The van der Waals surface area contributed by atoms with Crippen molar-refractivity contribution in [2.24, 2.45) is 0 Å². The molecule has 0 aromatic carbocycles. The average molecular weight is 301 g/mol. The summed E-state index contributed by atoms with van der Waals surface area (Å²) in [6.45, 7) is 8.00. The molecule has 0 saturated carbocycles. The van der Waals surface area contributed by atoms with Crippen LogP contribution in [0.15, 0.2) is 18.5 Å². The van der Waals surface area contributed by atoms with Crippen LogP contribution in [0, 0.1) is 5.82 Å². The second-order valence-electron chi connectivity index (χ2n) is 5.79. The minimum atomic E-state index is -1.09. The Balaban J connectivity index is 2.08. The Morgan fingerprint density at radius 1 is 1.42 bits per heavy atom. The van der Waals surface area contributed by atoms with Crippen molar-refractivity contribution in [2.75, 3.05) is 6.61 Å². The highest BCUT2D eigenvalue weighted by Crippen LogP contribution is 2.24. The number of nitrogens with zero attached hydrogens (tertiary/aromatic N) is 2. The lowest BCUT2D eigenvalue weighted by Crippen LogP contribution is -2.22. The van der Waals surface area contributed by atoms with Gasteiger partial charge in [0.15, 0.2) is 11.0 Å². The summed E-state index contributed by atoms with van der Waals surface area (Å²) in [5.74, 6) is -0.361. The van der Waals surface area contributed by atoms with Gasteiger partial charge in [-0.25, -0.2) is 9.37 Å². The molecule has 0 bridgehead atoms. The molecule has 2 rings (SSSR count). The first kappa shape index (κ1) is 14.5. The first-order valence-corrected chi connectivity index (χ1v) is 10.3. The maximum atomic E-state index is 13.6. The van der Waals surface area contributed by atoms with Crippen molar-refractivity contribution in [3.8, 4) is 0 Å². The Labute approximate surface area is 118 Å². The van der Waals surface area contributed by atoms with Crippen LogP contribution in [-0.4, -0.2) is 24.2 Å². The third-order valence-electron chi connectivity index (χ3n) is 2.93. The van der Waals surface area contributed by atoms with Gasteiger partial charge < -0.3 is 9.30 Å². The first-order chi connectivity index (χ1) is 8.88. The summed E-state index contributed by atoms with van der Waals surface area (Å²) in [4.78, 5) is 3.83. The molecular formula is C13H18ClFN2OSi. The molecule has 104 valence electrons. The fraction of sp³-hybridized carbons (Fsp3) is 0.462. The van der Waals surface area contributed by atoms with Crippen LogP contribution in [0.3, 0.4) is 0 Å². The number of hydrogen-bond acceptors (Lipinski definition) is 2. The summed E-state index contributed by atoms with van der Waals surface area (Å²) >= 11 is 6.01. The second kappa shape index (κ2) is 5.61. The summed E-state index contributed by atoms with van der Waals surface area (Å²) in [6.07, 6.45) is 2.91. The van der Waals surface area contributed by atoms with Crippen molar-refractivity contribution in [1.82, 2.24) is 9.55 Å². The Bertz CT molecular complexity index is 580. The van der Waals surface area contributed by atoms with Crippen molar-refractivity contribution in [1.29, 1.82) is 0 Å². The zero-order chi connectivity index (χ0) is 14.0. The van der Waals surface area contributed by atoms with Gasteiger partial charge in [-0.1, -0.05) is 31.2 Å². The summed E-state index contributed by atoms with van der Waals surface area (Å²) in [5.41, 5.74) is 0.592. The smallest absolute Gasteiger partial charge is 0.153 e. The van der Waals surface area contributed by atoms with Gasteiger partial charge in [0, 0.05) is 26.3 Å². The third kappa shape index (κ3) is 3.55. The first-order valence-electron chi connectivity index (χ1n) is 6.25. The number of aromatic nitrogens is 2. The number of hydrogen-bond donors (Lipinski definition) is 0. The number of halogens is 2. The molecule has 0 fully saturated rings. The Morgan fingerprint density at radius 3 is 2.84 bits per heavy atom. The zero-order valence-corrected chi connectivity index (χ0v) is 13.2. The standard InChI is InChI=1S/C13H18ClFN2OSi/c1-19(2,3)7-6-18-9-17-5-4-10-11(15)8-16-13(14)12(10)17/h4-5,8H,6-7,9H2,1-3H3. The summed E-state index contributed by atoms with van der Waals surface area (Å²) in [7, 11) is -1.09. The molecule has 0 aliphatic rings. The topological polar surface area (TPSA) is 27.1 Å². The van der Waals surface area contributed by atoms with Crippen molar-refractivity contribution in [3.05, 3.63) is 29.4 Å². The van der Waals surface area contributed by atoms with Gasteiger partial charge in [0.2, 0.25) is 0 Å². The van der Waals surface area contributed by atoms with Crippen molar-refractivity contribution >= 4 is 30.6 Å². The zero-order valence-electron chi connectivity index (χ0n) is 11.4. The molecule has 0 aliphatic heterocycles. The van der Waals surface area contributed by atoms with Crippen LogP contribution in [-0.2, 0) is 11.5 Å². The van der Waals surface area contributed by atoms with Crippen molar-refractivity contribution in [2.45, 2.75) is 32.4 Å². The van der Waals surface area contributed by atoms with Gasteiger partial charge >= 0.3 is 0 Å². The van der Waals surface area contributed by atoms with Gasteiger partial charge in [0.05, 0.1) is 11.7 Å². The van der Waals surface area contributed by atoms with E-state index in [1.165, 1.54) is 0 Å². The fourth-order valence-corrected chi connectivity index (χ4v) is 2.80. The molecule has 0 amide bonds. The molecule has 0 spiro atoms. The van der Waals surface area contributed by atoms with Gasteiger partial charge in [-0.05, 0) is 12.1 Å². The number of rotatable bonds is 5. The Hall–Kier alpha value is -0.913. The molecular weight excluding hydrogens is 283 g/mol. The molecule has 0 unspecified atom stereocenters. The fourth-order valence-electron chi connectivity index (χ4n) is 1.79. The lowest BCUT2D eigenvalue weighted by Gasteiger charge is -2.15. The minimum absolute atomic E-state index is 0.301. The summed E-state index contributed by atoms with van der Waals surface area (Å²) < 4.78 is 21.0. The van der Waals surface area contributed by atoms with Crippen molar-refractivity contribution in [3.63, 3.8) is 0 Å². The molecule has 2 aromatic heterocycles. The molecule has 0 N–H and O–H groups in total. The van der Waals surface area contributed by atoms with Crippen LogP contribution in [0.5, 0.6) is 0 Å². The molecule has 19 heavy (non-hydrogen) atoms. The predicted octanol–water partition coefficient (Wildman–Crippen LogP) is 4.14. The summed E-state index contributed by atoms with van der Waals surface area (Å²) in [6, 6.07) is 2.80. The van der Waals surface area contributed by atoms with Crippen LogP contribution in [0.1, 0.15) is 0 Å². The van der Waals surface area contributed by atoms with E-state index >= 15 is 0 Å². The Kier molecular flexibility index (Phi) is 4.28. The van der Waals surface area contributed by atoms with E-state index in [0.717, 1.165) is 18.8 Å². The molecule has 6 heteroatoms. The molecule has 3 nitrogen and oxygen atoms in total. The van der Waals surface area contributed by atoms with E-state index in [-0.39, 0.29) is 5.82 Å². The van der Waals surface area contributed by atoms with Crippen LogP contribution in [0.25, 0.3) is 10.9 Å². The highest BCUT2D eigenvalue weighted by Gasteiger charge is 2.13. The molecule has 0 atom stereocenters. The van der Waals surface area contributed by atoms with Gasteiger partial charge in [-0.2, -0.15) is 0 Å². The lowest BCUT2D eigenvalue weighted by atomic mass is 10.3. The molecule has 2 aromatic rings. The van der Waals surface area contributed by atoms with Gasteiger partial charge in [-0.15, -0.1) is 0 Å². The maximum absolute atomic E-state index is 13.6. The van der Waals surface area contributed by atoms with E-state index in [2.05, 4.69) is 24.6 Å². The number of fused-ring (bicyclic) bond motifs is 1. The van der Waals surface area contributed by atoms with Crippen LogP contribution in [0.4, 0.5) is 4.39 Å². The molecule has 0 aliphatic carbocycles. The normalized spacial score (nSPS) is 12.3. The highest BCUT2D eigenvalue weighted by atomic mass is 35.5. The minimum Gasteiger partial charge on any atom is -0.361 e. The lowest BCUT2D eigenvalue weighted by molar-refractivity contribution is 0.0902. The largest absolute Gasteiger partial charge is 0.361 e. The van der Waals surface area contributed by atoms with Crippen LogP contribution < -0.4 is 0 Å². The van der Waals surface area contributed by atoms with E-state index in [0.29, 0.717) is 22.8 Å². The summed E-state index contributed by atoms with van der Waals surface area (Å²) in [5, 5.41) is 0.781. The number of pyridine rings is 1.